The van der Waals surface area contributed by atoms with Gasteiger partial charge in [-0.05, 0) is 11.8 Å². The Kier molecular flexibility index (Phi) is 11.7. The Morgan fingerprint density at radius 1 is 0.629 bits per heavy atom. The van der Waals surface area contributed by atoms with Gasteiger partial charge in [0, 0.05) is 0 Å². The van der Waals surface area contributed by atoms with Gasteiger partial charge in [-0.1, -0.05) is 64.8 Å². The first kappa shape index (κ1) is 30.3. The van der Waals surface area contributed by atoms with Crippen LogP contribution in [0.4, 0.5) is 0 Å². The molecule has 4 aromatic carbocycles. The zero-order valence-electron chi connectivity index (χ0n) is 21.5. The maximum Gasteiger partial charge on any atom is -0.0308 e. The molecule has 2 bridgehead atoms. The van der Waals surface area contributed by atoms with Crippen molar-refractivity contribution in [3.8, 4) is 0 Å². The summed E-state index contributed by atoms with van der Waals surface area (Å²) in [6, 6.07) is 22.2. The van der Waals surface area contributed by atoms with Crippen LogP contribution >= 0.6 is 0 Å². The van der Waals surface area contributed by atoms with Gasteiger partial charge in [0.05, 0.1) is 0 Å². The van der Waals surface area contributed by atoms with Gasteiger partial charge in [0.15, 0.2) is 0 Å². The Balaban J connectivity index is 0.000000187. The van der Waals surface area contributed by atoms with E-state index in [0.29, 0.717) is 11.8 Å². The molecule has 0 nitrogen and oxygen atoms in total. The van der Waals surface area contributed by atoms with Crippen LogP contribution in [0.15, 0.2) is 83.5 Å². The largest absolute Gasteiger partial charge is 1.00 e. The summed E-state index contributed by atoms with van der Waals surface area (Å²) in [5.74, 6) is 1.23. The first-order chi connectivity index (χ1) is 15.8. The van der Waals surface area contributed by atoms with Crippen molar-refractivity contribution < 1.29 is 45.3 Å². The van der Waals surface area contributed by atoms with E-state index in [1.807, 2.05) is 0 Å². The van der Waals surface area contributed by atoms with Gasteiger partial charge in [-0.2, -0.15) is 12.1 Å². The van der Waals surface area contributed by atoms with Crippen molar-refractivity contribution in [2.24, 2.45) is 0 Å². The standard InChI is InChI=1S/2C13H15.C4H4Si2.2ClH.Zr/c2*1-9(2)12-6-4-5-11-7-10(3)8-13(11)12;1-2-6-4-3-5-1;;;/h2*4-9H,1-3H3;1-4H;2*1H;/q2*-1;;;;/p-2. The van der Waals surface area contributed by atoms with Crippen LogP contribution in [0.2, 0.25) is 0 Å². The van der Waals surface area contributed by atoms with Gasteiger partial charge in [0.25, 0.3) is 0 Å². The average molecular weight is 613 g/mol. The van der Waals surface area contributed by atoms with E-state index in [-0.39, 0.29) is 56.1 Å². The molecule has 2 aliphatic rings. The summed E-state index contributed by atoms with van der Waals surface area (Å²) in [6.45, 7) is 13.3. The molecular weight excluding hydrogens is 579 g/mol. The molecule has 0 spiro atoms. The molecule has 0 amide bonds. The second kappa shape index (κ2) is 13.5. The molecule has 6 rings (SSSR count). The number of rotatable bonds is 2. The molecule has 35 heavy (non-hydrogen) atoms. The molecule has 0 aliphatic carbocycles. The normalized spacial score (nSPS) is 12.6. The minimum Gasteiger partial charge on any atom is -1.00 e. The summed E-state index contributed by atoms with van der Waals surface area (Å²) in [5.41, 5.74) is 16.1. The third kappa shape index (κ3) is 7.52. The second-order valence-corrected chi connectivity index (χ2v) is 28.0. The SMILES string of the molecule is C1=C[Si]2=[Zr]=[Si]1C=C2.Cc1cc2c(C(C)C)cccc2[cH-]1.Cc1cc2c(C(C)C)cccc2[cH-]1.[Cl-].[Cl-]. The summed E-state index contributed by atoms with van der Waals surface area (Å²) < 4.78 is 0. The Morgan fingerprint density at radius 2 is 1.00 bits per heavy atom. The molecule has 184 valence electrons. The first-order valence-electron chi connectivity index (χ1n) is 12.0. The van der Waals surface area contributed by atoms with E-state index in [9.17, 15) is 0 Å². The quantitative estimate of drug-likeness (QED) is 0.241. The Labute approximate surface area is 235 Å². The number of hydrogen-bond donors (Lipinski definition) is 0. The van der Waals surface area contributed by atoms with Crippen LogP contribution in [0.5, 0.6) is 0 Å². The van der Waals surface area contributed by atoms with E-state index < -0.39 is 0 Å². The number of fused-ring (bicyclic) bond motifs is 2. The van der Waals surface area contributed by atoms with Gasteiger partial charge in [0.1, 0.15) is 0 Å². The molecule has 0 saturated heterocycles. The predicted molar refractivity (Wildman–Crippen MR) is 147 cm³/mol. The third-order valence-electron chi connectivity index (χ3n) is 6.28. The predicted octanol–water partition coefficient (Wildman–Crippen LogP) is 2.34. The number of benzene rings is 2. The fourth-order valence-electron chi connectivity index (χ4n) is 4.63. The van der Waals surface area contributed by atoms with E-state index in [4.69, 9.17) is 0 Å². The maximum absolute atomic E-state index is 2.52. The van der Waals surface area contributed by atoms with Crippen LogP contribution in [0, 0.1) is 13.8 Å². The van der Waals surface area contributed by atoms with Crippen molar-refractivity contribution in [1.82, 2.24) is 0 Å². The van der Waals surface area contributed by atoms with Crippen LogP contribution in [-0.4, -0.2) is 10.9 Å². The number of aryl methyl sites for hydroxylation is 2. The monoisotopic (exact) mass is 610 g/mol. The molecule has 0 atom stereocenters. The number of hydrogen-bond acceptors (Lipinski definition) is 0. The summed E-state index contributed by atoms with van der Waals surface area (Å²) in [5, 5.41) is 5.61. The molecule has 0 N–H and O–H groups in total. The van der Waals surface area contributed by atoms with Crippen LogP contribution in [0.3, 0.4) is 0 Å². The van der Waals surface area contributed by atoms with Crippen LogP contribution in [0.1, 0.15) is 61.8 Å². The molecule has 0 saturated carbocycles. The Morgan fingerprint density at radius 3 is 1.29 bits per heavy atom. The molecule has 5 heteroatoms. The molecule has 0 radical (unpaired) electrons. The van der Waals surface area contributed by atoms with Crippen molar-refractivity contribution in [2.75, 3.05) is 0 Å². The van der Waals surface area contributed by atoms with Gasteiger partial charge in [-0.3, -0.25) is 0 Å². The molecule has 2 heterocycles. The van der Waals surface area contributed by atoms with E-state index in [1.165, 1.54) is 43.8 Å². The minimum absolute atomic E-state index is 0. The summed E-state index contributed by atoms with van der Waals surface area (Å²) in [4.78, 5) is 0. The van der Waals surface area contributed by atoms with Crippen LogP contribution in [0.25, 0.3) is 21.5 Å². The summed E-state index contributed by atoms with van der Waals surface area (Å²) in [7, 11) is 0. The van der Waals surface area contributed by atoms with Crippen LogP contribution < -0.4 is 24.8 Å². The molecule has 0 unspecified atom stereocenters. The van der Waals surface area contributed by atoms with E-state index in [2.05, 4.69) is 125 Å². The molecule has 4 aromatic rings. The molecule has 0 fully saturated rings. The summed E-state index contributed by atoms with van der Waals surface area (Å²) in [6.07, 6.45) is 0. The van der Waals surface area contributed by atoms with Crippen molar-refractivity contribution in [3.05, 3.63) is 106 Å². The zero-order chi connectivity index (χ0) is 23.5. The van der Waals surface area contributed by atoms with Gasteiger partial charge >= 0.3 is 54.1 Å². The van der Waals surface area contributed by atoms with E-state index >= 15 is 0 Å². The van der Waals surface area contributed by atoms with Crippen molar-refractivity contribution in [2.45, 2.75) is 53.4 Å². The Bertz CT molecular complexity index is 1310. The van der Waals surface area contributed by atoms with Crippen molar-refractivity contribution in [3.63, 3.8) is 0 Å². The maximum atomic E-state index is 2.52. The second-order valence-electron chi connectivity index (χ2n) is 9.78. The Hall–Kier alpha value is -0.963. The van der Waals surface area contributed by atoms with Crippen molar-refractivity contribution in [1.29, 1.82) is 0 Å². The summed E-state index contributed by atoms with van der Waals surface area (Å²) >= 11 is 0.243. The van der Waals surface area contributed by atoms with Crippen molar-refractivity contribution >= 4 is 32.4 Å². The van der Waals surface area contributed by atoms with E-state index in [1.54, 1.807) is 0 Å². The fourth-order valence-corrected chi connectivity index (χ4v) is 32.5. The minimum atomic E-state index is 0. The molecule has 0 aromatic heterocycles. The fraction of sp³-hybridized carbons (Fsp3) is 0.267. The third-order valence-corrected chi connectivity index (χ3v) is 29.0. The molecular formula is C30H34Cl2Si2Zr-4. The molecule has 2 aliphatic heterocycles. The average Bonchev–Trinajstić information content (AvgIpc) is 3.56. The topological polar surface area (TPSA) is 0 Å². The van der Waals surface area contributed by atoms with Gasteiger partial charge in [0.2, 0.25) is 0 Å². The van der Waals surface area contributed by atoms with Gasteiger partial charge in [-0.25, -0.2) is 0 Å². The van der Waals surface area contributed by atoms with Gasteiger partial charge in [-0.15, -0.1) is 69.1 Å². The van der Waals surface area contributed by atoms with Gasteiger partial charge < -0.3 is 24.8 Å². The zero-order valence-corrected chi connectivity index (χ0v) is 27.5. The van der Waals surface area contributed by atoms with E-state index in [0.717, 1.165) is 0 Å². The first-order valence-corrected chi connectivity index (χ1v) is 22.7. The smallest absolute Gasteiger partial charge is 0.0308 e. The number of halogens is 2. The van der Waals surface area contributed by atoms with Crippen LogP contribution in [-0.2, 0) is 20.5 Å².